The predicted molar refractivity (Wildman–Crippen MR) is 44.2 cm³/mol. The van der Waals surface area contributed by atoms with Crippen LogP contribution >= 0.6 is 0 Å². The van der Waals surface area contributed by atoms with Crippen LogP contribution in [0.15, 0.2) is 12.1 Å². The van der Waals surface area contributed by atoms with Gasteiger partial charge in [-0.3, -0.25) is 0 Å². The van der Waals surface area contributed by atoms with Crippen molar-refractivity contribution in [2.45, 2.75) is 26.2 Å². The maximum absolute atomic E-state index is 8.54. The van der Waals surface area contributed by atoms with Crippen LogP contribution in [0.3, 0.4) is 0 Å². The summed E-state index contributed by atoms with van der Waals surface area (Å²) >= 11 is 0. The quantitative estimate of drug-likeness (QED) is 0.601. The Morgan fingerprint density at radius 2 is 2.00 bits per heavy atom. The molecule has 2 heteroatoms. The molecule has 0 amide bonds. The lowest BCUT2D eigenvalue weighted by atomic mass is 9.93. The van der Waals surface area contributed by atoms with Crippen LogP contribution in [0.4, 0.5) is 0 Å². The van der Waals surface area contributed by atoms with Gasteiger partial charge in [-0.15, -0.1) is 0 Å². The lowest BCUT2D eigenvalue weighted by molar-refractivity contribution is 0.572. The number of aromatic amines is 1. The molecule has 2 nitrogen and oxygen atoms in total. The first-order valence-corrected chi connectivity index (χ1v) is 3.63. The van der Waals surface area contributed by atoms with Crippen LogP contribution in [0.25, 0.3) is 0 Å². The van der Waals surface area contributed by atoms with Gasteiger partial charge in [0.05, 0.1) is 0 Å². The third-order valence-corrected chi connectivity index (χ3v) is 1.61. The average molecular weight is 148 g/mol. The summed E-state index contributed by atoms with van der Waals surface area (Å²) in [5.74, 6) is 0. The third kappa shape index (κ3) is 1.62. The van der Waals surface area contributed by atoms with E-state index in [1.165, 1.54) is 0 Å². The Morgan fingerprint density at radius 3 is 2.27 bits per heavy atom. The van der Waals surface area contributed by atoms with Crippen LogP contribution in [0, 0.1) is 11.3 Å². The van der Waals surface area contributed by atoms with E-state index in [0.717, 1.165) is 5.69 Å². The Morgan fingerprint density at radius 1 is 1.36 bits per heavy atom. The molecule has 0 bridgehead atoms. The molecule has 0 fully saturated rings. The van der Waals surface area contributed by atoms with Crippen molar-refractivity contribution in [2.24, 2.45) is 0 Å². The largest absolute Gasteiger partial charge is 0.350 e. The van der Waals surface area contributed by atoms with E-state index in [1.807, 2.05) is 6.07 Å². The summed E-state index contributed by atoms with van der Waals surface area (Å²) < 4.78 is 0. The van der Waals surface area contributed by atoms with Crippen LogP contribution in [0.5, 0.6) is 0 Å². The number of aromatic nitrogens is 1. The van der Waals surface area contributed by atoms with Gasteiger partial charge in [-0.05, 0) is 12.1 Å². The lowest BCUT2D eigenvalue weighted by Crippen LogP contribution is -2.11. The van der Waals surface area contributed by atoms with E-state index in [9.17, 15) is 0 Å². The molecule has 11 heavy (non-hydrogen) atoms. The Bertz CT molecular complexity index is 283. The highest BCUT2D eigenvalue weighted by molar-refractivity contribution is 5.27. The van der Waals surface area contributed by atoms with Crippen LogP contribution < -0.4 is 0 Å². The molecule has 0 aromatic carbocycles. The molecule has 0 unspecified atom stereocenters. The minimum Gasteiger partial charge on any atom is -0.350 e. The second-order valence-corrected chi connectivity index (χ2v) is 3.65. The summed E-state index contributed by atoms with van der Waals surface area (Å²) in [6, 6.07) is 5.83. The summed E-state index contributed by atoms with van der Waals surface area (Å²) in [5, 5.41) is 8.54. The Labute approximate surface area is 66.9 Å². The average Bonchev–Trinajstić information content (AvgIpc) is 2.32. The highest BCUT2D eigenvalue weighted by atomic mass is 14.7. The molecule has 1 N–H and O–H groups in total. The second kappa shape index (κ2) is 2.43. The number of H-pyrrole nitrogens is 1. The van der Waals surface area contributed by atoms with Gasteiger partial charge in [-0.1, -0.05) is 20.8 Å². The molecular weight excluding hydrogens is 136 g/mol. The fourth-order valence-electron chi connectivity index (χ4n) is 0.898. The smallest absolute Gasteiger partial charge is 0.117 e. The molecule has 0 spiro atoms. The normalized spacial score (nSPS) is 11.1. The van der Waals surface area contributed by atoms with Crippen molar-refractivity contribution in [1.82, 2.24) is 4.98 Å². The Balaban J connectivity index is 3.01. The molecule has 0 saturated heterocycles. The number of nitrogens with zero attached hydrogens (tertiary/aromatic N) is 1. The van der Waals surface area contributed by atoms with Crippen molar-refractivity contribution < 1.29 is 0 Å². The highest BCUT2D eigenvalue weighted by Crippen LogP contribution is 2.20. The van der Waals surface area contributed by atoms with Gasteiger partial charge in [-0.25, -0.2) is 0 Å². The number of nitriles is 1. The van der Waals surface area contributed by atoms with Gasteiger partial charge in [0.1, 0.15) is 11.8 Å². The number of hydrogen-bond donors (Lipinski definition) is 1. The molecule has 0 radical (unpaired) electrons. The Kier molecular flexibility index (Phi) is 1.74. The van der Waals surface area contributed by atoms with E-state index in [-0.39, 0.29) is 5.41 Å². The topological polar surface area (TPSA) is 39.6 Å². The molecule has 0 atom stereocenters. The van der Waals surface area contributed by atoms with Crippen LogP contribution in [0.1, 0.15) is 32.2 Å². The zero-order valence-corrected chi connectivity index (χ0v) is 7.10. The van der Waals surface area contributed by atoms with Gasteiger partial charge in [0, 0.05) is 11.1 Å². The van der Waals surface area contributed by atoms with E-state index in [2.05, 4.69) is 31.8 Å². The van der Waals surface area contributed by atoms with Gasteiger partial charge in [-0.2, -0.15) is 5.26 Å². The van der Waals surface area contributed by atoms with Gasteiger partial charge >= 0.3 is 0 Å². The van der Waals surface area contributed by atoms with Crippen molar-refractivity contribution >= 4 is 0 Å². The SMILES string of the molecule is CC(C)(C)c1ccc(C#N)[nH]1. The molecule has 1 aromatic heterocycles. The number of hydrogen-bond acceptors (Lipinski definition) is 1. The summed E-state index contributed by atoms with van der Waals surface area (Å²) in [5.41, 5.74) is 1.85. The van der Waals surface area contributed by atoms with Crippen LogP contribution in [-0.4, -0.2) is 4.98 Å². The molecular formula is C9H12N2. The van der Waals surface area contributed by atoms with Crippen molar-refractivity contribution in [2.75, 3.05) is 0 Å². The number of nitrogens with one attached hydrogen (secondary N) is 1. The lowest BCUT2D eigenvalue weighted by Gasteiger charge is -2.15. The number of rotatable bonds is 0. The van der Waals surface area contributed by atoms with Crippen LogP contribution in [-0.2, 0) is 5.41 Å². The van der Waals surface area contributed by atoms with Crippen molar-refractivity contribution in [3.63, 3.8) is 0 Å². The maximum Gasteiger partial charge on any atom is 0.117 e. The Hall–Kier alpha value is -1.23. The summed E-state index contributed by atoms with van der Waals surface area (Å²) in [4.78, 5) is 3.04. The molecule has 0 aliphatic rings. The fourth-order valence-corrected chi connectivity index (χ4v) is 0.898. The highest BCUT2D eigenvalue weighted by Gasteiger charge is 2.14. The van der Waals surface area contributed by atoms with Gasteiger partial charge in [0.15, 0.2) is 0 Å². The van der Waals surface area contributed by atoms with Gasteiger partial charge < -0.3 is 4.98 Å². The van der Waals surface area contributed by atoms with E-state index < -0.39 is 0 Å². The van der Waals surface area contributed by atoms with Gasteiger partial charge in [0.2, 0.25) is 0 Å². The molecule has 58 valence electrons. The van der Waals surface area contributed by atoms with Crippen molar-refractivity contribution in [3.05, 3.63) is 23.5 Å². The molecule has 1 rings (SSSR count). The summed E-state index contributed by atoms with van der Waals surface area (Å²) in [6.45, 7) is 6.33. The van der Waals surface area contributed by atoms with E-state index >= 15 is 0 Å². The van der Waals surface area contributed by atoms with Crippen LogP contribution in [0.2, 0.25) is 0 Å². The molecule has 1 heterocycles. The zero-order chi connectivity index (χ0) is 8.48. The first-order valence-electron chi connectivity index (χ1n) is 3.63. The standard InChI is InChI=1S/C9H12N2/c1-9(2,3)8-5-4-7(6-10)11-8/h4-5,11H,1-3H3. The first-order chi connectivity index (χ1) is 5.04. The zero-order valence-electron chi connectivity index (χ0n) is 7.10. The van der Waals surface area contributed by atoms with E-state index in [1.54, 1.807) is 6.07 Å². The third-order valence-electron chi connectivity index (χ3n) is 1.61. The molecule has 0 aliphatic heterocycles. The van der Waals surface area contributed by atoms with Crippen molar-refractivity contribution in [3.8, 4) is 6.07 Å². The van der Waals surface area contributed by atoms with Crippen molar-refractivity contribution in [1.29, 1.82) is 5.26 Å². The minimum absolute atomic E-state index is 0.106. The second-order valence-electron chi connectivity index (χ2n) is 3.65. The fraction of sp³-hybridized carbons (Fsp3) is 0.444. The van der Waals surface area contributed by atoms with E-state index in [4.69, 9.17) is 5.26 Å². The molecule has 1 aromatic rings. The van der Waals surface area contributed by atoms with E-state index in [0.29, 0.717) is 5.69 Å². The first kappa shape index (κ1) is 7.87. The minimum atomic E-state index is 0.106. The molecule has 0 saturated carbocycles. The predicted octanol–water partition coefficient (Wildman–Crippen LogP) is 2.18. The van der Waals surface area contributed by atoms with Gasteiger partial charge in [0.25, 0.3) is 0 Å². The summed E-state index contributed by atoms with van der Waals surface area (Å²) in [7, 11) is 0. The molecule has 0 aliphatic carbocycles. The summed E-state index contributed by atoms with van der Waals surface area (Å²) in [6.07, 6.45) is 0. The maximum atomic E-state index is 8.54. The monoisotopic (exact) mass is 148 g/mol.